The molecule has 1 aliphatic heterocycles. The van der Waals surface area contributed by atoms with E-state index in [0.29, 0.717) is 44.8 Å². The number of hydrogen-bond donors (Lipinski definition) is 1. The number of nitrogens with zero attached hydrogens (tertiary/aromatic N) is 4. The van der Waals surface area contributed by atoms with Gasteiger partial charge in [-0.2, -0.15) is 0 Å². The van der Waals surface area contributed by atoms with Crippen molar-refractivity contribution < 1.29 is 19.1 Å². The Hall–Kier alpha value is -2.94. The molecule has 9 nitrogen and oxygen atoms in total. The molecule has 2 aromatic heterocycles. The first-order valence-electron chi connectivity index (χ1n) is 8.38. The van der Waals surface area contributed by atoms with E-state index < -0.39 is 0 Å². The molecule has 1 N–H and O–H groups in total. The zero-order valence-electron chi connectivity index (χ0n) is 14.6. The van der Waals surface area contributed by atoms with Gasteiger partial charge in [-0.15, -0.1) is 0 Å². The summed E-state index contributed by atoms with van der Waals surface area (Å²) in [5, 5.41) is 2.72. The number of imidazole rings is 1. The van der Waals surface area contributed by atoms with E-state index in [1.54, 1.807) is 45.7 Å². The van der Waals surface area contributed by atoms with Crippen molar-refractivity contribution >= 4 is 23.7 Å². The van der Waals surface area contributed by atoms with Gasteiger partial charge in [-0.25, -0.2) is 4.98 Å². The van der Waals surface area contributed by atoms with Gasteiger partial charge in [0.25, 0.3) is 11.8 Å². The molecule has 3 amide bonds. The molecule has 26 heavy (non-hydrogen) atoms. The Morgan fingerprint density at radius 3 is 2.73 bits per heavy atom. The second-order valence-corrected chi connectivity index (χ2v) is 5.92. The number of carbonyl (C=O) groups excluding carboxylic acids is 3. The molecule has 0 spiro atoms. The van der Waals surface area contributed by atoms with Crippen molar-refractivity contribution in [3.63, 3.8) is 0 Å². The number of carbonyl (C=O) groups is 3. The van der Waals surface area contributed by atoms with Gasteiger partial charge in [0.1, 0.15) is 0 Å². The second-order valence-electron chi connectivity index (χ2n) is 5.92. The van der Waals surface area contributed by atoms with Gasteiger partial charge in [0, 0.05) is 46.0 Å². The van der Waals surface area contributed by atoms with Gasteiger partial charge in [0.2, 0.25) is 12.2 Å². The van der Waals surface area contributed by atoms with Gasteiger partial charge >= 0.3 is 0 Å². The topological polar surface area (TPSA) is 96.2 Å². The first-order valence-corrected chi connectivity index (χ1v) is 8.38. The average Bonchev–Trinajstić information content (AvgIpc) is 3.07. The smallest absolute Gasteiger partial charge is 0.287 e. The van der Waals surface area contributed by atoms with Crippen LogP contribution in [0.4, 0.5) is 0 Å². The van der Waals surface area contributed by atoms with E-state index in [1.165, 1.54) is 0 Å². The van der Waals surface area contributed by atoms with Gasteiger partial charge < -0.3 is 19.9 Å². The largest absolute Gasteiger partial charge is 0.383 e. The van der Waals surface area contributed by atoms with Crippen LogP contribution in [0, 0.1) is 0 Å². The summed E-state index contributed by atoms with van der Waals surface area (Å²) in [4.78, 5) is 43.7. The Bertz CT molecular complexity index is 811. The molecule has 1 fully saturated rings. The summed E-state index contributed by atoms with van der Waals surface area (Å²) < 4.78 is 6.53. The normalized spacial score (nSPS) is 14.5. The fourth-order valence-corrected chi connectivity index (χ4v) is 2.88. The molecule has 138 valence electrons. The molecule has 1 aliphatic rings. The zero-order chi connectivity index (χ0) is 18.5. The summed E-state index contributed by atoms with van der Waals surface area (Å²) in [7, 11) is 1.55. The molecule has 0 bridgehead atoms. The molecule has 3 rings (SSSR count). The third-order valence-corrected chi connectivity index (χ3v) is 4.30. The van der Waals surface area contributed by atoms with Gasteiger partial charge in [-0.1, -0.05) is 6.07 Å². The van der Waals surface area contributed by atoms with Crippen molar-refractivity contribution in [2.24, 2.45) is 0 Å². The van der Waals surface area contributed by atoms with E-state index in [0.717, 1.165) is 6.41 Å². The maximum atomic E-state index is 12.9. The molecule has 0 aliphatic carbocycles. The highest BCUT2D eigenvalue weighted by Crippen LogP contribution is 2.16. The number of amides is 3. The van der Waals surface area contributed by atoms with E-state index in [1.807, 2.05) is 0 Å². The Kier molecular flexibility index (Phi) is 5.47. The summed E-state index contributed by atoms with van der Waals surface area (Å²) in [6.07, 6.45) is 2.49. The molecule has 9 heteroatoms. The minimum atomic E-state index is -0.368. The maximum Gasteiger partial charge on any atom is 0.287 e. The zero-order valence-corrected chi connectivity index (χ0v) is 14.6. The number of aromatic nitrogens is 2. The Labute approximate surface area is 150 Å². The number of methoxy groups -OCH3 is 1. The van der Waals surface area contributed by atoms with Crippen LogP contribution in [0.1, 0.15) is 21.1 Å². The van der Waals surface area contributed by atoms with Gasteiger partial charge in [-0.05, 0) is 12.1 Å². The van der Waals surface area contributed by atoms with Crippen LogP contribution in [0.25, 0.3) is 5.52 Å². The summed E-state index contributed by atoms with van der Waals surface area (Å²) in [5.41, 5.74) is 0.814. The van der Waals surface area contributed by atoms with E-state index in [9.17, 15) is 14.4 Å². The highest BCUT2D eigenvalue weighted by atomic mass is 16.5. The van der Waals surface area contributed by atoms with Crippen LogP contribution in [-0.4, -0.2) is 83.8 Å². The molecule has 0 unspecified atom stereocenters. The van der Waals surface area contributed by atoms with Crippen LogP contribution in [-0.2, 0) is 9.53 Å². The molecule has 0 atom stereocenters. The fraction of sp³-hybridized carbons (Fsp3) is 0.412. The number of piperazine rings is 1. The first-order chi connectivity index (χ1) is 12.7. The van der Waals surface area contributed by atoms with Crippen molar-refractivity contribution in [2.45, 2.75) is 0 Å². The molecular weight excluding hydrogens is 338 g/mol. The van der Waals surface area contributed by atoms with Crippen LogP contribution in [0.2, 0.25) is 0 Å². The highest BCUT2D eigenvalue weighted by molar-refractivity contribution is 6.02. The number of rotatable bonds is 6. The highest BCUT2D eigenvalue weighted by Gasteiger charge is 2.27. The van der Waals surface area contributed by atoms with Crippen molar-refractivity contribution in [3.8, 4) is 0 Å². The summed E-state index contributed by atoms with van der Waals surface area (Å²) in [6, 6.07) is 5.33. The number of ether oxygens (including phenoxy) is 1. The monoisotopic (exact) mass is 359 g/mol. The third kappa shape index (κ3) is 3.52. The molecule has 0 radical (unpaired) electrons. The molecule has 0 aromatic carbocycles. The predicted molar refractivity (Wildman–Crippen MR) is 92.9 cm³/mol. The molecule has 2 aromatic rings. The van der Waals surface area contributed by atoms with Crippen molar-refractivity contribution in [1.29, 1.82) is 0 Å². The Morgan fingerprint density at radius 2 is 2.04 bits per heavy atom. The molecule has 3 heterocycles. The van der Waals surface area contributed by atoms with E-state index in [2.05, 4.69) is 10.3 Å². The Balaban J connectivity index is 1.85. The van der Waals surface area contributed by atoms with Gasteiger partial charge in [-0.3, -0.25) is 18.8 Å². The lowest BCUT2D eigenvalue weighted by atomic mass is 10.2. The molecular formula is C17H21N5O4. The number of hydrogen-bond acceptors (Lipinski definition) is 5. The Morgan fingerprint density at radius 1 is 1.27 bits per heavy atom. The summed E-state index contributed by atoms with van der Waals surface area (Å²) in [5.74, 6) is -0.449. The summed E-state index contributed by atoms with van der Waals surface area (Å²) in [6.45, 7) is 2.62. The minimum absolute atomic E-state index is 0.159. The summed E-state index contributed by atoms with van der Waals surface area (Å²) >= 11 is 0. The number of nitrogens with one attached hydrogen (secondary N) is 1. The van der Waals surface area contributed by atoms with E-state index in [4.69, 9.17) is 4.74 Å². The van der Waals surface area contributed by atoms with Crippen LogP contribution < -0.4 is 5.32 Å². The van der Waals surface area contributed by atoms with Gasteiger partial charge in [0.05, 0.1) is 12.1 Å². The fourth-order valence-electron chi connectivity index (χ4n) is 2.88. The van der Waals surface area contributed by atoms with Crippen LogP contribution >= 0.6 is 0 Å². The minimum Gasteiger partial charge on any atom is -0.383 e. The SMILES string of the molecule is COCCNC(=O)c1nc(C(=O)N2CCN(C=O)CC2)c2ccccn12. The lowest BCUT2D eigenvalue weighted by Crippen LogP contribution is -2.48. The molecule has 0 saturated carbocycles. The van der Waals surface area contributed by atoms with E-state index >= 15 is 0 Å². The number of pyridine rings is 1. The number of fused-ring (bicyclic) bond motifs is 1. The first kappa shape index (κ1) is 17.9. The van der Waals surface area contributed by atoms with Crippen LogP contribution in [0.15, 0.2) is 24.4 Å². The maximum absolute atomic E-state index is 12.9. The van der Waals surface area contributed by atoms with Crippen molar-refractivity contribution in [3.05, 3.63) is 35.9 Å². The standard InChI is InChI=1S/C17H21N5O4/c1-26-11-5-18-16(24)15-19-14(13-4-2-3-6-22(13)15)17(25)21-9-7-20(12-23)8-10-21/h2-4,6,12H,5,7-11H2,1H3,(H,18,24). The quantitative estimate of drug-likeness (QED) is 0.561. The van der Waals surface area contributed by atoms with Crippen LogP contribution in [0.5, 0.6) is 0 Å². The third-order valence-electron chi connectivity index (χ3n) is 4.30. The average molecular weight is 359 g/mol. The lowest BCUT2D eigenvalue weighted by Gasteiger charge is -2.32. The van der Waals surface area contributed by atoms with Crippen molar-refractivity contribution in [1.82, 2.24) is 24.5 Å². The van der Waals surface area contributed by atoms with Crippen molar-refractivity contribution in [2.75, 3.05) is 46.4 Å². The molecule has 1 saturated heterocycles. The van der Waals surface area contributed by atoms with Gasteiger partial charge in [0.15, 0.2) is 5.69 Å². The van der Waals surface area contributed by atoms with Crippen LogP contribution in [0.3, 0.4) is 0 Å². The lowest BCUT2D eigenvalue weighted by molar-refractivity contribution is -0.119. The second kappa shape index (κ2) is 7.96. The van der Waals surface area contributed by atoms with E-state index in [-0.39, 0.29) is 23.3 Å². The predicted octanol–water partition coefficient (Wildman–Crippen LogP) is -0.375.